The van der Waals surface area contributed by atoms with Gasteiger partial charge in [0.2, 0.25) is 0 Å². The van der Waals surface area contributed by atoms with Gasteiger partial charge in [0.05, 0.1) is 17.7 Å². The quantitative estimate of drug-likeness (QED) is 0.891. The molecule has 1 saturated heterocycles. The van der Waals surface area contributed by atoms with E-state index in [1.54, 1.807) is 13.3 Å². The topological polar surface area (TPSA) is 87.0 Å². The van der Waals surface area contributed by atoms with Crippen LogP contribution in [0, 0.1) is 17.1 Å². The Morgan fingerprint density at radius 1 is 1.50 bits per heavy atom. The maximum Gasteiger partial charge on any atom is 0.166 e. The van der Waals surface area contributed by atoms with Gasteiger partial charge in [-0.25, -0.2) is 19.3 Å². The summed E-state index contributed by atoms with van der Waals surface area (Å²) in [6, 6.07) is 4.96. The van der Waals surface area contributed by atoms with E-state index < -0.39 is 5.82 Å². The second-order valence-electron chi connectivity index (χ2n) is 5.51. The summed E-state index contributed by atoms with van der Waals surface area (Å²) in [5, 5.41) is 11.8. The van der Waals surface area contributed by atoms with Crippen molar-refractivity contribution >= 4 is 11.6 Å². The zero-order valence-corrected chi connectivity index (χ0v) is 13.2. The Kier molecular flexibility index (Phi) is 4.82. The Bertz CT molecular complexity index is 735. The van der Waals surface area contributed by atoms with Crippen molar-refractivity contribution in [3.63, 3.8) is 0 Å². The summed E-state index contributed by atoms with van der Waals surface area (Å²) in [6.45, 7) is 1.20. The molecule has 0 radical (unpaired) electrons. The Hall–Kier alpha value is -2.79. The molecule has 3 heterocycles. The highest BCUT2D eigenvalue weighted by Crippen LogP contribution is 2.25. The van der Waals surface area contributed by atoms with E-state index in [4.69, 9.17) is 10.00 Å². The van der Waals surface area contributed by atoms with Gasteiger partial charge >= 0.3 is 0 Å². The van der Waals surface area contributed by atoms with E-state index in [1.807, 2.05) is 12.1 Å². The number of hydrogen-bond donors (Lipinski definition) is 1. The predicted octanol–water partition coefficient (Wildman–Crippen LogP) is 1.59. The van der Waals surface area contributed by atoms with Crippen LogP contribution in [0.4, 0.5) is 16.0 Å². The molecule has 124 valence electrons. The van der Waals surface area contributed by atoms with E-state index in [9.17, 15) is 4.39 Å². The highest BCUT2D eigenvalue weighted by Gasteiger charge is 2.33. The molecule has 0 aromatic carbocycles. The van der Waals surface area contributed by atoms with E-state index in [0.717, 1.165) is 12.2 Å². The summed E-state index contributed by atoms with van der Waals surface area (Å²) in [7, 11) is 1.68. The highest BCUT2D eigenvalue weighted by molar-refractivity contribution is 5.44. The molecule has 0 saturated carbocycles. The number of rotatable bonds is 5. The monoisotopic (exact) mass is 328 g/mol. The lowest BCUT2D eigenvalue weighted by Crippen LogP contribution is -2.36. The lowest BCUT2D eigenvalue weighted by molar-refractivity contribution is 0.118. The van der Waals surface area contributed by atoms with Gasteiger partial charge in [-0.3, -0.25) is 0 Å². The molecule has 2 aromatic rings. The van der Waals surface area contributed by atoms with Gasteiger partial charge < -0.3 is 15.0 Å². The first-order chi connectivity index (χ1) is 11.7. The molecule has 2 atom stereocenters. The maximum absolute atomic E-state index is 13.9. The number of methoxy groups -OCH3 is 1. The van der Waals surface area contributed by atoms with Gasteiger partial charge in [-0.2, -0.15) is 5.26 Å². The first-order valence-corrected chi connectivity index (χ1v) is 7.56. The number of nitrogens with zero attached hydrogens (tertiary/aromatic N) is 5. The van der Waals surface area contributed by atoms with Gasteiger partial charge in [-0.05, 0) is 18.6 Å². The van der Waals surface area contributed by atoms with E-state index in [-0.39, 0.29) is 23.5 Å². The maximum atomic E-state index is 13.9. The van der Waals surface area contributed by atoms with Crippen LogP contribution in [0.3, 0.4) is 0 Å². The molecule has 1 aliphatic rings. The Morgan fingerprint density at radius 2 is 2.38 bits per heavy atom. The first-order valence-electron chi connectivity index (χ1n) is 7.56. The van der Waals surface area contributed by atoms with Crippen LogP contribution in [0.1, 0.15) is 12.0 Å². The van der Waals surface area contributed by atoms with Crippen molar-refractivity contribution < 1.29 is 9.13 Å². The van der Waals surface area contributed by atoms with Crippen molar-refractivity contribution in [2.24, 2.45) is 0 Å². The second-order valence-corrected chi connectivity index (χ2v) is 5.51. The normalized spacial score (nSPS) is 20.0. The molecule has 0 aliphatic carbocycles. The molecular weight excluding hydrogens is 311 g/mol. The summed E-state index contributed by atoms with van der Waals surface area (Å²) in [5.41, 5.74) is 0.195. The van der Waals surface area contributed by atoms with Crippen LogP contribution in [0.5, 0.6) is 0 Å². The summed E-state index contributed by atoms with van der Waals surface area (Å²) < 4.78 is 19.4. The number of nitrogens with one attached hydrogen (secondary N) is 1. The summed E-state index contributed by atoms with van der Waals surface area (Å²) in [4.78, 5) is 14.3. The van der Waals surface area contributed by atoms with Gasteiger partial charge in [0.15, 0.2) is 11.6 Å². The predicted molar refractivity (Wildman–Crippen MR) is 86.0 cm³/mol. The molecule has 7 nitrogen and oxygen atoms in total. The van der Waals surface area contributed by atoms with Crippen LogP contribution in [0.2, 0.25) is 0 Å². The largest absolute Gasteiger partial charge is 0.380 e. The molecule has 2 aromatic heterocycles. The van der Waals surface area contributed by atoms with Crippen LogP contribution in [0.15, 0.2) is 30.9 Å². The van der Waals surface area contributed by atoms with Crippen LogP contribution in [0.25, 0.3) is 0 Å². The zero-order valence-electron chi connectivity index (χ0n) is 13.2. The number of nitriles is 1. The Balaban J connectivity index is 1.72. The smallest absolute Gasteiger partial charge is 0.166 e. The molecule has 1 fully saturated rings. The number of ether oxygens (including phenoxy) is 1. The fourth-order valence-electron chi connectivity index (χ4n) is 2.82. The highest BCUT2D eigenvalue weighted by atomic mass is 19.1. The minimum absolute atomic E-state index is 0.0849. The fourth-order valence-corrected chi connectivity index (χ4v) is 2.82. The molecule has 0 bridgehead atoms. The van der Waals surface area contributed by atoms with Crippen molar-refractivity contribution in [3.8, 4) is 6.07 Å². The summed E-state index contributed by atoms with van der Waals surface area (Å²) >= 11 is 0. The Morgan fingerprint density at radius 3 is 3.04 bits per heavy atom. The van der Waals surface area contributed by atoms with Crippen LogP contribution in [-0.4, -0.2) is 47.3 Å². The van der Waals surface area contributed by atoms with Gasteiger partial charge in [0, 0.05) is 32.6 Å². The third-order valence-corrected chi connectivity index (χ3v) is 4.05. The second kappa shape index (κ2) is 7.19. The first kappa shape index (κ1) is 16.1. The van der Waals surface area contributed by atoms with E-state index >= 15 is 0 Å². The number of hydrogen-bond acceptors (Lipinski definition) is 7. The standard InChI is InChI=1S/C16H17FN6O/c1-24-13-5-12(23(9-13)15-2-3-19-10-22-15)8-21-16-14(17)4-11(6-18)7-20-16/h2-4,7,10,12-13H,5,8-9H2,1H3,(H,20,21)/t12-,13-/m1/s1. The lowest BCUT2D eigenvalue weighted by Gasteiger charge is -2.25. The van der Waals surface area contributed by atoms with Gasteiger partial charge in [0.1, 0.15) is 18.2 Å². The van der Waals surface area contributed by atoms with Gasteiger partial charge in [-0.1, -0.05) is 0 Å². The van der Waals surface area contributed by atoms with Crippen molar-refractivity contribution in [2.75, 3.05) is 30.4 Å². The summed E-state index contributed by atoms with van der Waals surface area (Å²) in [6.07, 6.45) is 5.42. The molecule has 24 heavy (non-hydrogen) atoms. The molecule has 3 rings (SSSR count). The van der Waals surface area contributed by atoms with E-state index in [0.29, 0.717) is 13.1 Å². The number of anilines is 2. The number of pyridine rings is 1. The third kappa shape index (κ3) is 3.41. The molecule has 1 aliphatic heterocycles. The molecule has 1 N–H and O–H groups in total. The van der Waals surface area contributed by atoms with Crippen molar-refractivity contribution in [3.05, 3.63) is 42.2 Å². The number of halogens is 1. The summed E-state index contributed by atoms with van der Waals surface area (Å²) in [5.74, 6) is 0.408. The fraction of sp³-hybridized carbons (Fsp3) is 0.375. The van der Waals surface area contributed by atoms with E-state index in [1.165, 1.54) is 18.6 Å². The van der Waals surface area contributed by atoms with E-state index in [2.05, 4.69) is 25.2 Å². The zero-order chi connectivity index (χ0) is 16.9. The average Bonchev–Trinajstić information content (AvgIpc) is 3.04. The van der Waals surface area contributed by atoms with Crippen LogP contribution >= 0.6 is 0 Å². The van der Waals surface area contributed by atoms with Gasteiger partial charge in [0.25, 0.3) is 0 Å². The molecule has 8 heteroatoms. The SMILES string of the molecule is CO[C@@H]1C[C@H](CNc2ncc(C#N)cc2F)N(c2ccncn2)C1. The minimum Gasteiger partial charge on any atom is -0.380 e. The van der Waals surface area contributed by atoms with Crippen molar-refractivity contribution in [1.29, 1.82) is 5.26 Å². The molecule has 0 unspecified atom stereocenters. The van der Waals surface area contributed by atoms with Gasteiger partial charge in [-0.15, -0.1) is 0 Å². The lowest BCUT2D eigenvalue weighted by atomic mass is 10.2. The molecule has 0 spiro atoms. The third-order valence-electron chi connectivity index (χ3n) is 4.05. The van der Waals surface area contributed by atoms with Crippen LogP contribution < -0.4 is 10.2 Å². The number of aromatic nitrogens is 3. The Labute approximate surface area is 139 Å². The van der Waals surface area contributed by atoms with Crippen LogP contribution in [-0.2, 0) is 4.74 Å². The van der Waals surface area contributed by atoms with Crippen molar-refractivity contribution in [1.82, 2.24) is 15.0 Å². The van der Waals surface area contributed by atoms with Crippen molar-refractivity contribution in [2.45, 2.75) is 18.6 Å². The average molecular weight is 328 g/mol. The molecule has 0 amide bonds. The molecular formula is C16H17FN6O. The minimum atomic E-state index is -0.538.